The van der Waals surface area contributed by atoms with E-state index in [4.69, 9.17) is 5.73 Å². The van der Waals surface area contributed by atoms with Gasteiger partial charge < -0.3 is 5.73 Å². The van der Waals surface area contributed by atoms with Crippen LogP contribution in [-0.2, 0) is 19.9 Å². The standard InChI is InChI=1S/C15H27N3S/c1-3-13-10-14(18(2)17-13)9-12(16)11-19-15-7-5-4-6-8-15/h10,12,15H,3-9,11,16H2,1-2H3. The average molecular weight is 281 g/mol. The van der Waals surface area contributed by atoms with Crippen LogP contribution in [0.15, 0.2) is 6.07 Å². The molecule has 2 N–H and O–H groups in total. The van der Waals surface area contributed by atoms with Crippen molar-refractivity contribution in [3.8, 4) is 0 Å². The Hall–Kier alpha value is -0.480. The van der Waals surface area contributed by atoms with E-state index in [0.717, 1.165) is 23.8 Å². The highest BCUT2D eigenvalue weighted by atomic mass is 32.2. The summed E-state index contributed by atoms with van der Waals surface area (Å²) < 4.78 is 1.99. The van der Waals surface area contributed by atoms with Gasteiger partial charge >= 0.3 is 0 Å². The molecule has 0 amide bonds. The number of aryl methyl sites for hydroxylation is 2. The quantitative estimate of drug-likeness (QED) is 0.872. The van der Waals surface area contributed by atoms with Gasteiger partial charge in [-0.05, 0) is 25.3 Å². The van der Waals surface area contributed by atoms with Crippen LogP contribution in [0.25, 0.3) is 0 Å². The lowest BCUT2D eigenvalue weighted by molar-refractivity contribution is 0.515. The minimum Gasteiger partial charge on any atom is -0.327 e. The van der Waals surface area contributed by atoms with Gasteiger partial charge in [-0.3, -0.25) is 4.68 Å². The third-order valence-corrected chi connectivity index (χ3v) is 5.52. The summed E-state index contributed by atoms with van der Waals surface area (Å²) in [6.07, 6.45) is 8.98. The number of nitrogens with zero attached hydrogens (tertiary/aromatic N) is 2. The predicted molar refractivity (Wildman–Crippen MR) is 83.6 cm³/mol. The number of nitrogens with two attached hydrogens (primary N) is 1. The van der Waals surface area contributed by atoms with Gasteiger partial charge in [-0.1, -0.05) is 26.2 Å². The van der Waals surface area contributed by atoms with Crippen molar-refractivity contribution in [2.45, 2.75) is 63.2 Å². The molecule has 108 valence electrons. The van der Waals surface area contributed by atoms with Crippen LogP contribution in [0.5, 0.6) is 0 Å². The summed E-state index contributed by atoms with van der Waals surface area (Å²) >= 11 is 2.09. The maximum atomic E-state index is 6.28. The first-order valence-corrected chi connectivity index (χ1v) is 8.63. The Kier molecular flexibility index (Phi) is 5.76. The van der Waals surface area contributed by atoms with Crippen molar-refractivity contribution in [2.24, 2.45) is 12.8 Å². The fraction of sp³-hybridized carbons (Fsp3) is 0.800. The lowest BCUT2D eigenvalue weighted by Gasteiger charge is -2.22. The summed E-state index contributed by atoms with van der Waals surface area (Å²) in [5.41, 5.74) is 8.72. The van der Waals surface area contributed by atoms with Crippen molar-refractivity contribution in [1.82, 2.24) is 9.78 Å². The van der Waals surface area contributed by atoms with Crippen molar-refractivity contribution >= 4 is 11.8 Å². The van der Waals surface area contributed by atoms with E-state index in [2.05, 4.69) is 29.9 Å². The van der Waals surface area contributed by atoms with Gasteiger partial charge in [0, 0.05) is 36.2 Å². The van der Waals surface area contributed by atoms with E-state index in [1.807, 2.05) is 11.7 Å². The Bertz CT molecular complexity index is 383. The summed E-state index contributed by atoms with van der Waals surface area (Å²) in [7, 11) is 2.02. The smallest absolute Gasteiger partial charge is 0.0624 e. The Labute approximate surface area is 121 Å². The van der Waals surface area contributed by atoms with Crippen LogP contribution in [0, 0.1) is 0 Å². The highest BCUT2D eigenvalue weighted by Gasteiger charge is 2.16. The Balaban J connectivity index is 1.76. The van der Waals surface area contributed by atoms with Gasteiger partial charge in [0.05, 0.1) is 5.69 Å². The molecule has 0 saturated heterocycles. The zero-order chi connectivity index (χ0) is 13.7. The Morgan fingerprint density at radius 3 is 2.79 bits per heavy atom. The normalized spacial score (nSPS) is 18.7. The van der Waals surface area contributed by atoms with Gasteiger partial charge in [0.1, 0.15) is 0 Å². The molecule has 0 spiro atoms. The number of hydrogen-bond donors (Lipinski definition) is 1. The lowest BCUT2D eigenvalue weighted by atomic mass is 10.0. The third kappa shape index (κ3) is 4.53. The molecule has 0 radical (unpaired) electrons. The first kappa shape index (κ1) is 14.9. The van der Waals surface area contributed by atoms with Crippen LogP contribution in [0.1, 0.15) is 50.4 Å². The van der Waals surface area contributed by atoms with Crippen LogP contribution < -0.4 is 5.73 Å². The molecule has 2 rings (SSSR count). The van der Waals surface area contributed by atoms with Crippen molar-refractivity contribution in [1.29, 1.82) is 0 Å². The summed E-state index contributed by atoms with van der Waals surface area (Å²) in [5, 5.41) is 5.35. The van der Waals surface area contributed by atoms with Gasteiger partial charge in [0.2, 0.25) is 0 Å². The van der Waals surface area contributed by atoms with Crippen LogP contribution in [0.2, 0.25) is 0 Å². The minimum absolute atomic E-state index is 0.257. The molecule has 3 nitrogen and oxygen atoms in total. The summed E-state index contributed by atoms with van der Waals surface area (Å²) in [6.45, 7) is 2.14. The second-order valence-corrected chi connectivity index (χ2v) is 7.00. The molecular formula is C15H27N3S. The Morgan fingerprint density at radius 1 is 1.42 bits per heavy atom. The molecule has 19 heavy (non-hydrogen) atoms. The number of thioether (sulfide) groups is 1. The van der Waals surface area contributed by atoms with Crippen LogP contribution in [0.4, 0.5) is 0 Å². The van der Waals surface area contributed by atoms with E-state index in [-0.39, 0.29) is 6.04 Å². The van der Waals surface area contributed by atoms with Crippen molar-refractivity contribution < 1.29 is 0 Å². The SMILES string of the molecule is CCc1cc(CC(N)CSC2CCCCC2)n(C)n1. The molecule has 0 aliphatic heterocycles. The molecule has 4 heteroatoms. The van der Waals surface area contributed by atoms with Crippen molar-refractivity contribution in [2.75, 3.05) is 5.75 Å². The lowest BCUT2D eigenvalue weighted by Crippen LogP contribution is -2.28. The maximum Gasteiger partial charge on any atom is 0.0624 e. The molecule has 0 aromatic carbocycles. The van der Waals surface area contributed by atoms with Crippen molar-refractivity contribution in [3.63, 3.8) is 0 Å². The molecule has 1 aliphatic carbocycles. The van der Waals surface area contributed by atoms with Crippen LogP contribution in [0.3, 0.4) is 0 Å². The maximum absolute atomic E-state index is 6.28. The monoisotopic (exact) mass is 281 g/mol. The van der Waals surface area contributed by atoms with Gasteiger partial charge in [-0.15, -0.1) is 0 Å². The van der Waals surface area contributed by atoms with E-state index < -0.39 is 0 Å². The fourth-order valence-electron chi connectivity index (χ4n) is 2.75. The fourth-order valence-corrected chi connectivity index (χ4v) is 4.06. The second kappa shape index (κ2) is 7.34. The zero-order valence-electron chi connectivity index (χ0n) is 12.3. The Morgan fingerprint density at radius 2 is 2.16 bits per heavy atom. The molecule has 1 unspecified atom stereocenters. The minimum atomic E-state index is 0.257. The molecule has 1 saturated carbocycles. The summed E-state index contributed by atoms with van der Waals surface area (Å²) in [6, 6.07) is 2.46. The molecule has 1 aromatic heterocycles. The highest BCUT2D eigenvalue weighted by molar-refractivity contribution is 7.99. The van der Waals surface area contributed by atoms with E-state index in [1.54, 1.807) is 0 Å². The van der Waals surface area contributed by atoms with Crippen LogP contribution in [-0.4, -0.2) is 26.8 Å². The summed E-state index contributed by atoms with van der Waals surface area (Å²) in [4.78, 5) is 0. The molecule has 1 heterocycles. The van der Waals surface area contributed by atoms with Crippen molar-refractivity contribution in [3.05, 3.63) is 17.5 Å². The molecule has 1 aromatic rings. The average Bonchev–Trinajstić information content (AvgIpc) is 2.78. The number of rotatable bonds is 6. The zero-order valence-corrected chi connectivity index (χ0v) is 13.1. The predicted octanol–water partition coefficient (Wildman–Crippen LogP) is 2.92. The highest BCUT2D eigenvalue weighted by Crippen LogP contribution is 2.28. The number of aromatic nitrogens is 2. The molecule has 1 fully saturated rings. The van der Waals surface area contributed by atoms with Gasteiger partial charge in [-0.2, -0.15) is 16.9 Å². The van der Waals surface area contributed by atoms with E-state index >= 15 is 0 Å². The second-order valence-electron chi connectivity index (χ2n) is 5.66. The van der Waals surface area contributed by atoms with E-state index in [9.17, 15) is 0 Å². The topological polar surface area (TPSA) is 43.8 Å². The van der Waals surface area contributed by atoms with Gasteiger partial charge in [0.15, 0.2) is 0 Å². The first-order valence-electron chi connectivity index (χ1n) is 7.58. The summed E-state index contributed by atoms with van der Waals surface area (Å²) in [5.74, 6) is 1.08. The number of hydrogen-bond acceptors (Lipinski definition) is 3. The van der Waals surface area contributed by atoms with E-state index in [1.165, 1.54) is 43.5 Å². The largest absolute Gasteiger partial charge is 0.327 e. The third-order valence-electron chi connectivity index (χ3n) is 3.96. The molecular weight excluding hydrogens is 254 g/mol. The van der Waals surface area contributed by atoms with Gasteiger partial charge in [0.25, 0.3) is 0 Å². The molecule has 0 bridgehead atoms. The van der Waals surface area contributed by atoms with E-state index in [0.29, 0.717) is 0 Å². The molecule has 1 atom stereocenters. The van der Waals surface area contributed by atoms with Crippen LogP contribution >= 0.6 is 11.8 Å². The molecule has 1 aliphatic rings. The van der Waals surface area contributed by atoms with Gasteiger partial charge in [-0.25, -0.2) is 0 Å². The first-order chi connectivity index (χ1) is 9.19.